The first-order chi connectivity index (χ1) is 12.2. The number of hydrogen-bond donors (Lipinski definition) is 1. The maximum atomic E-state index is 13.2. The number of nitrogens with one attached hydrogen (secondary N) is 1. The van der Waals surface area contributed by atoms with Crippen LogP contribution in [0.3, 0.4) is 0 Å². The van der Waals surface area contributed by atoms with E-state index in [1.54, 1.807) is 0 Å². The number of carbonyl (C=O) groups excluding carboxylic acids is 2. The molecule has 1 heterocycles. The number of rotatable bonds is 3. The van der Waals surface area contributed by atoms with Crippen LogP contribution in [0.5, 0.6) is 0 Å². The van der Waals surface area contributed by atoms with Gasteiger partial charge in [-0.25, -0.2) is 21.5 Å². The van der Waals surface area contributed by atoms with Crippen LogP contribution in [0.15, 0.2) is 42.5 Å². The maximum Gasteiger partial charge on any atom is 0.255 e. The molecule has 3 rings (SSSR count). The topological polar surface area (TPSA) is 83.6 Å². The van der Waals surface area contributed by atoms with Gasteiger partial charge in [0, 0.05) is 17.3 Å². The van der Waals surface area contributed by atoms with Crippen LogP contribution in [0.25, 0.3) is 0 Å². The molecule has 26 heavy (non-hydrogen) atoms. The Labute approximate surface area is 148 Å². The van der Waals surface area contributed by atoms with Crippen molar-refractivity contribution in [2.75, 3.05) is 15.4 Å². The van der Waals surface area contributed by atoms with Crippen LogP contribution in [0.1, 0.15) is 17.3 Å². The molecule has 2 aromatic carbocycles. The lowest BCUT2D eigenvalue weighted by Gasteiger charge is -2.15. The Kier molecular flexibility index (Phi) is 4.49. The highest BCUT2D eigenvalue weighted by molar-refractivity contribution is 7.94. The molecule has 1 aliphatic rings. The van der Waals surface area contributed by atoms with Crippen LogP contribution in [0, 0.1) is 17.6 Å². The third-order valence-electron chi connectivity index (χ3n) is 3.84. The van der Waals surface area contributed by atoms with E-state index in [0.29, 0.717) is 6.07 Å². The van der Waals surface area contributed by atoms with Gasteiger partial charge in [-0.3, -0.25) is 9.59 Å². The summed E-state index contributed by atoms with van der Waals surface area (Å²) < 4.78 is 51.2. The third-order valence-corrected chi connectivity index (χ3v) is 5.71. The van der Waals surface area contributed by atoms with E-state index in [9.17, 15) is 26.8 Å². The van der Waals surface area contributed by atoms with E-state index in [1.165, 1.54) is 31.2 Å². The number of anilines is 2. The minimum Gasteiger partial charge on any atom is -0.322 e. The summed E-state index contributed by atoms with van der Waals surface area (Å²) in [6.07, 6.45) is 0. The lowest BCUT2D eigenvalue weighted by Crippen LogP contribution is -2.30. The highest BCUT2D eigenvalue weighted by atomic mass is 32.2. The molecular weight excluding hydrogens is 366 g/mol. The standard InChI is InChI=1S/C17H14F2N2O4S/c1-10-9-26(24,25)21(17(10)23)15-4-2-11(3-5-15)16(22)20-14-7-12(18)6-13(19)8-14/h2-8,10H,9H2,1H3,(H,20,22). The van der Waals surface area contributed by atoms with Gasteiger partial charge in [0.15, 0.2) is 0 Å². The predicted octanol–water partition coefficient (Wildman–Crippen LogP) is 2.53. The molecule has 0 radical (unpaired) electrons. The Morgan fingerprint density at radius 3 is 2.19 bits per heavy atom. The quantitative estimate of drug-likeness (QED) is 0.887. The molecular formula is C17H14F2N2O4S. The number of amides is 2. The molecule has 136 valence electrons. The fourth-order valence-electron chi connectivity index (χ4n) is 2.66. The molecule has 0 saturated carbocycles. The summed E-state index contributed by atoms with van der Waals surface area (Å²) in [5.41, 5.74) is 0.214. The summed E-state index contributed by atoms with van der Waals surface area (Å²) in [5, 5.41) is 2.34. The van der Waals surface area contributed by atoms with Crippen LogP contribution in [-0.2, 0) is 14.8 Å². The summed E-state index contributed by atoms with van der Waals surface area (Å²) in [6.45, 7) is 1.53. The highest BCUT2D eigenvalue weighted by Crippen LogP contribution is 2.28. The van der Waals surface area contributed by atoms with Crippen molar-refractivity contribution in [3.8, 4) is 0 Å². The van der Waals surface area contributed by atoms with Crippen LogP contribution >= 0.6 is 0 Å². The second kappa shape index (κ2) is 6.49. The Hall–Kier alpha value is -2.81. The van der Waals surface area contributed by atoms with Gasteiger partial charge in [-0.05, 0) is 36.4 Å². The largest absolute Gasteiger partial charge is 0.322 e. The fraction of sp³-hybridized carbons (Fsp3) is 0.176. The maximum absolute atomic E-state index is 13.2. The highest BCUT2D eigenvalue weighted by Gasteiger charge is 2.41. The minimum atomic E-state index is -3.73. The fourth-order valence-corrected chi connectivity index (χ4v) is 4.48. The van der Waals surface area contributed by atoms with Gasteiger partial charge in [-0.1, -0.05) is 6.92 Å². The van der Waals surface area contributed by atoms with E-state index in [-0.39, 0.29) is 22.7 Å². The summed E-state index contributed by atoms with van der Waals surface area (Å²) in [5.74, 6) is -3.72. The summed E-state index contributed by atoms with van der Waals surface area (Å²) >= 11 is 0. The molecule has 1 saturated heterocycles. The van der Waals surface area contributed by atoms with Crippen molar-refractivity contribution in [3.05, 3.63) is 59.7 Å². The molecule has 2 amide bonds. The summed E-state index contributed by atoms with van der Waals surface area (Å²) in [4.78, 5) is 24.2. The van der Waals surface area contributed by atoms with E-state index < -0.39 is 39.4 Å². The molecule has 6 nitrogen and oxygen atoms in total. The molecule has 1 N–H and O–H groups in total. The van der Waals surface area contributed by atoms with E-state index in [1.807, 2.05) is 0 Å². The van der Waals surface area contributed by atoms with Gasteiger partial charge in [0.05, 0.1) is 17.4 Å². The molecule has 1 aliphatic heterocycles. The van der Waals surface area contributed by atoms with Gasteiger partial charge < -0.3 is 5.32 Å². The van der Waals surface area contributed by atoms with Gasteiger partial charge in [-0.2, -0.15) is 0 Å². The normalized spacial score (nSPS) is 18.8. The zero-order valence-corrected chi connectivity index (χ0v) is 14.4. The van der Waals surface area contributed by atoms with Crippen LogP contribution < -0.4 is 9.62 Å². The Bertz CT molecular complexity index is 970. The molecule has 1 unspecified atom stereocenters. The Morgan fingerprint density at radius 1 is 1.12 bits per heavy atom. The second-order valence-electron chi connectivity index (χ2n) is 5.94. The molecule has 0 spiro atoms. The van der Waals surface area contributed by atoms with Crippen molar-refractivity contribution in [1.29, 1.82) is 0 Å². The SMILES string of the molecule is CC1CS(=O)(=O)N(c2ccc(C(=O)Nc3cc(F)cc(F)c3)cc2)C1=O. The van der Waals surface area contributed by atoms with Gasteiger partial charge in [0.1, 0.15) is 11.6 Å². The number of sulfonamides is 1. The average molecular weight is 380 g/mol. The van der Waals surface area contributed by atoms with Gasteiger partial charge >= 0.3 is 0 Å². The van der Waals surface area contributed by atoms with Crippen molar-refractivity contribution in [1.82, 2.24) is 0 Å². The Morgan fingerprint density at radius 2 is 1.69 bits per heavy atom. The first-order valence-corrected chi connectivity index (χ1v) is 9.22. The molecule has 0 aromatic heterocycles. The van der Waals surface area contributed by atoms with Crippen molar-refractivity contribution in [2.45, 2.75) is 6.92 Å². The van der Waals surface area contributed by atoms with Crippen LogP contribution in [0.4, 0.5) is 20.2 Å². The third kappa shape index (κ3) is 3.43. The number of carbonyl (C=O) groups is 2. The van der Waals surface area contributed by atoms with Crippen LogP contribution in [-0.4, -0.2) is 26.0 Å². The van der Waals surface area contributed by atoms with E-state index in [4.69, 9.17) is 0 Å². The van der Waals surface area contributed by atoms with Gasteiger partial charge in [-0.15, -0.1) is 0 Å². The van der Waals surface area contributed by atoms with Crippen molar-refractivity contribution in [2.24, 2.45) is 5.92 Å². The second-order valence-corrected chi connectivity index (χ2v) is 7.80. The monoisotopic (exact) mass is 380 g/mol. The molecule has 1 fully saturated rings. The van der Waals surface area contributed by atoms with Crippen LogP contribution in [0.2, 0.25) is 0 Å². The minimum absolute atomic E-state index is 0.0531. The predicted molar refractivity (Wildman–Crippen MR) is 91.2 cm³/mol. The smallest absolute Gasteiger partial charge is 0.255 e. The first kappa shape index (κ1) is 18.0. The Balaban J connectivity index is 1.81. The molecule has 1 atom stereocenters. The molecule has 0 bridgehead atoms. The molecule has 9 heteroatoms. The van der Waals surface area contributed by atoms with Gasteiger partial charge in [0.2, 0.25) is 15.9 Å². The molecule has 0 aliphatic carbocycles. The summed E-state index contributed by atoms with van der Waals surface area (Å²) in [6, 6.07) is 7.92. The number of halogens is 2. The summed E-state index contributed by atoms with van der Waals surface area (Å²) in [7, 11) is -3.73. The first-order valence-electron chi connectivity index (χ1n) is 7.62. The van der Waals surface area contributed by atoms with E-state index >= 15 is 0 Å². The van der Waals surface area contributed by atoms with Crippen molar-refractivity contribution < 1.29 is 26.8 Å². The van der Waals surface area contributed by atoms with E-state index in [2.05, 4.69) is 5.32 Å². The number of nitrogens with zero attached hydrogens (tertiary/aromatic N) is 1. The van der Waals surface area contributed by atoms with Crippen molar-refractivity contribution in [3.63, 3.8) is 0 Å². The zero-order chi connectivity index (χ0) is 19.1. The van der Waals surface area contributed by atoms with Crippen molar-refractivity contribution >= 4 is 33.2 Å². The average Bonchev–Trinajstić information content (AvgIpc) is 2.74. The lowest BCUT2D eigenvalue weighted by atomic mass is 10.1. The number of hydrogen-bond acceptors (Lipinski definition) is 4. The van der Waals surface area contributed by atoms with E-state index in [0.717, 1.165) is 16.4 Å². The van der Waals surface area contributed by atoms with Gasteiger partial charge in [0.25, 0.3) is 5.91 Å². The zero-order valence-electron chi connectivity index (χ0n) is 13.6. The molecule has 2 aromatic rings. The number of benzene rings is 2. The lowest BCUT2D eigenvalue weighted by molar-refractivity contribution is -0.119.